The smallest absolute Gasteiger partial charge is 0.326 e. The molecule has 1 aliphatic heterocycles. The van der Waals surface area contributed by atoms with Gasteiger partial charge in [0.1, 0.15) is 6.54 Å². The molecule has 1 saturated carbocycles. The molecule has 2 aromatic carbocycles. The van der Waals surface area contributed by atoms with Crippen LogP contribution in [0.2, 0.25) is 0 Å². The lowest BCUT2D eigenvalue weighted by Crippen LogP contribution is -2.37. The monoisotopic (exact) mass is 452 g/mol. The van der Waals surface area contributed by atoms with Gasteiger partial charge >= 0.3 is 5.97 Å². The van der Waals surface area contributed by atoms with Gasteiger partial charge in [-0.15, -0.1) is 0 Å². The van der Waals surface area contributed by atoms with E-state index >= 15 is 0 Å². The summed E-state index contributed by atoms with van der Waals surface area (Å²) in [6, 6.07) is 17.1. The Kier molecular flexibility index (Phi) is 6.90. The van der Waals surface area contributed by atoms with Gasteiger partial charge in [-0.1, -0.05) is 54.9 Å². The number of likely N-dealkylation sites (tertiary alicyclic amines) is 1. The van der Waals surface area contributed by atoms with Gasteiger partial charge in [-0.05, 0) is 37.1 Å². The Morgan fingerprint density at radius 1 is 0.938 bits per heavy atom. The largest absolute Gasteiger partial charge is 0.454 e. The van der Waals surface area contributed by atoms with E-state index in [1.54, 1.807) is 12.1 Å². The fraction of sp³-hybridized carbons (Fsp3) is 0.333. The number of fused-ring (bicyclic) bond motifs is 1. The first-order chi connectivity index (χ1) is 15.5. The lowest BCUT2D eigenvalue weighted by molar-refractivity contribution is -0.154. The highest BCUT2D eigenvalue weighted by Gasteiger charge is 2.48. The van der Waals surface area contributed by atoms with Crippen molar-refractivity contribution in [3.8, 4) is 0 Å². The van der Waals surface area contributed by atoms with E-state index < -0.39 is 25.0 Å². The van der Waals surface area contributed by atoms with Crippen molar-refractivity contribution >= 4 is 41.1 Å². The highest BCUT2D eigenvalue weighted by Crippen LogP contribution is 2.38. The fourth-order valence-corrected chi connectivity index (χ4v) is 5.09. The summed E-state index contributed by atoms with van der Waals surface area (Å²) in [5.74, 6) is -2.49. The Labute approximate surface area is 190 Å². The summed E-state index contributed by atoms with van der Waals surface area (Å²) in [7, 11) is 0. The molecule has 4 rings (SSSR count). The first-order valence-corrected chi connectivity index (χ1v) is 11.5. The molecule has 2 atom stereocenters. The summed E-state index contributed by atoms with van der Waals surface area (Å²) >= 11 is 1.51. The van der Waals surface area contributed by atoms with Gasteiger partial charge in [0, 0.05) is 9.79 Å². The number of hydrogen-bond acceptors (Lipinski definition) is 6. The predicted molar refractivity (Wildman–Crippen MR) is 119 cm³/mol. The van der Waals surface area contributed by atoms with Gasteiger partial charge in [0.05, 0.1) is 17.5 Å². The van der Waals surface area contributed by atoms with Gasteiger partial charge < -0.3 is 10.1 Å². The van der Waals surface area contributed by atoms with Gasteiger partial charge in [-0.25, -0.2) is 0 Å². The second kappa shape index (κ2) is 9.99. The number of rotatable bonds is 7. The Balaban J connectivity index is 1.30. The minimum absolute atomic E-state index is 0.298. The number of amides is 3. The van der Waals surface area contributed by atoms with Gasteiger partial charge in [0.2, 0.25) is 11.8 Å². The van der Waals surface area contributed by atoms with Crippen LogP contribution in [-0.2, 0) is 23.9 Å². The van der Waals surface area contributed by atoms with Crippen LogP contribution in [0.15, 0.2) is 64.4 Å². The van der Waals surface area contributed by atoms with Crippen LogP contribution in [0.4, 0.5) is 5.69 Å². The van der Waals surface area contributed by atoms with Crippen molar-refractivity contribution in [3.63, 3.8) is 0 Å². The van der Waals surface area contributed by atoms with Crippen molar-refractivity contribution in [1.82, 2.24) is 4.90 Å². The molecule has 0 bridgehead atoms. The van der Waals surface area contributed by atoms with Crippen LogP contribution in [-0.4, -0.2) is 41.7 Å². The average molecular weight is 453 g/mol. The van der Waals surface area contributed by atoms with Crippen LogP contribution in [0.5, 0.6) is 0 Å². The molecule has 2 aromatic rings. The molecule has 1 heterocycles. The predicted octanol–water partition coefficient (Wildman–Crippen LogP) is 3.49. The van der Waals surface area contributed by atoms with Gasteiger partial charge in [0.25, 0.3) is 5.91 Å². The lowest BCUT2D eigenvalue weighted by Gasteiger charge is -2.19. The van der Waals surface area contributed by atoms with Crippen molar-refractivity contribution in [3.05, 3.63) is 54.6 Å². The van der Waals surface area contributed by atoms with Gasteiger partial charge in [0.15, 0.2) is 6.61 Å². The Morgan fingerprint density at radius 3 is 2.25 bits per heavy atom. The zero-order chi connectivity index (χ0) is 22.5. The molecule has 8 heteroatoms. The van der Waals surface area contributed by atoms with Crippen LogP contribution >= 0.6 is 11.8 Å². The number of carbonyl (C=O) groups excluding carboxylic acids is 4. The molecular weight excluding hydrogens is 428 g/mol. The number of benzene rings is 2. The third kappa shape index (κ3) is 5.02. The summed E-state index contributed by atoms with van der Waals surface area (Å²) in [5, 5.41) is 2.75. The normalized spacial score (nSPS) is 20.1. The van der Waals surface area contributed by atoms with Crippen molar-refractivity contribution in [2.45, 2.75) is 35.5 Å². The number of imide groups is 1. The topological polar surface area (TPSA) is 92.8 Å². The third-order valence-electron chi connectivity index (χ3n) is 5.72. The van der Waals surface area contributed by atoms with Crippen LogP contribution in [0, 0.1) is 11.8 Å². The molecule has 0 radical (unpaired) electrons. The maximum absolute atomic E-state index is 12.5. The van der Waals surface area contributed by atoms with E-state index in [0.29, 0.717) is 18.5 Å². The molecule has 0 spiro atoms. The summed E-state index contributed by atoms with van der Waals surface area (Å²) in [6.45, 7) is -0.940. The Bertz CT molecular complexity index is 1000. The number of esters is 1. The Morgan fingerprint density at radius 2 is 1.56 bits per heavy atom. The SMILES string of the molecule is O=C(COC(=O)CN1C(=O)[C@H]2CCCC[C@@H]2C1=O)Nc1ccccc1Sc1ccccc1. The number of ether oxygens (including phenoxy) is 1. The minimum Gasteiger partial charge on any atom is -0.454 e. The van der Waals surface area contributed by atoms with Crippen LogP contribution in [0.25, 0.3) is 0 Å². The number of hydrogen-bond donors (Lipinski definition) is 1. The zero-order valence-corrected chi connectivity index (χ0v) is 18.3. The fourth-order valence-electron chi connectivity index (χ4n) is 4.17. The van der Waals surface area contributed by atoms with Crippen molar-refractivity contribution < 1.29 is 23.9 Å². The summed E-state index contributed by atoms with van der Waals surface area (Å²) < 4.78 is 5.04. The summed E-state index contributed by atoms with van der Waals surface area (Å²) in [6.07, 6.45) is 3.21. The van der Waals surface area contributed by atoms with Crippen molar-refractivity contribution in [2.24, 2.45) is 11.8 Å². The molecule has 2 fully saturated rings. The molecule has 2 aliphatic rings. The van der Waals surface area contributed by atoms with E-state index in [-0.39, 0.29) is 23.7 Å². The van der Waals surface area contributed by atoms with E-state index in [2.05, 4.69) is 5.32 Å². The molecule has 32 heavy (non-hydrogen) atoms. The standard InChI is InChI=1S/C24H24N2O5S/c27-21(25-19-12-6-7-13-20(19)32-16-8-2-1-3-9-16)15-31-22(28)14-26-23(29)17-10-4-5-11-18(17)24(26)30/h1-3,6-9,12-13,17-18H,4-5,10-11,14-15H2,(H,25,27)/t17-,18-/m0/s1. The van der Waals surface area contributed by atoms with E-state index in [1.807, 2.05) is 42.5 Å². The molecule has 7 nitrogen and oxygen atoms in total. The first kappa shape index (κ1) is 22.1. The van der Waals surface area contributed by atoms with Gasteiger partial charge in [-0.3, -0.25) is 24.1 Å². The van der Waals surface area contributed by atoms with Crippen LogP contribution in [0.3, 0.4) is 0 Å². The number of nitrogens with one attached hydrogen (secondary N) is 1. The highest BCUT2D eigenvalue weighted by molar-refractivity contribution is 7.99. The van der Waals surface area contributed by atoms with E-state index in [0.717, 1.165) is 27.5 Å². The molecular formula is C24H24N2O5S. The molecule has 166 valence electrons. The maximum Gasteiger partial charge on any atom is 0.326 e. The molecule has 1 N–H and O–H groups in total. The van der Waals surface area contributed by atoms with E-state index in [1.165, 1.54) is 11.8 Å². The van der Waals surface area contributed by atoms with Crippen LogP contribution < -0.4 is 5.32 Å². The van der Waals surface area contributed by atoms with E-state index in [9.17, 15) is 19.2 Å². The highest BCUT2D eigenvalue weighted by atomic mass is 32.2. The molecule has 3 amide bonds. The average Bonchev–Trinajstić information content (AvgIpc) is 3.05. The minimum atomic E-state index is -0.771. The molecule has 1 saturated heterocycles. The third-order valence-corrected chi connectivity index (χ3v) is 6.80. The first-order valence-electron chi connectivity index (χ1n) is 10.7. The second-order valence-corrected chi connectivity index (χ2v) is 9.00. The van der Waals surface area contributed by atoms with Gasteiger partial charge in [-0.2, -0.15) is 0 Å². The van der Waals surface area contributed by atoms with Crippen LogP contribution in [0.1, 0.15) is 25.7 Å². The number of anilines is 1. The van der Waals surface area contributed by atoms with Crippen molar-refractivity contribution in [2.75, 3.05) is 18.5 Å². The zero-order valence-electron chi connectivity index (χ0n) is 17.5. The molecule has 0 aromatic heterocycles. The lowest BCUT2D eigenvalue weighted by atomic mass is 9.81. The van der Waals surface area contributed by atoms with E-state index in [4.69, 9.17) is 4.74 Å². The summed E-state index contributed by atoms with van der Waals surface area (Å²) in [4.78, 5) is 52.4. The second-order valence-electron chi connectivity index (χ2n) is 7.88. The molecule has 1 aliphatic carbocycles. The molecule has 0 unspecified atom stereocenters. The number of carbonyl (C=O) groups is 4. The number of nitrogens with zero attached hydrogens (tertiary/aromatic N) is 1. The number of para-hydroxylation sites is 1. The Hall–Kier alpha value is -3.13. The van der Waals surface area contributed by atoms with Crippen molar-refractivity contribution in [1.29, 1.82) is 0 Å². The quantitative estimate of drug-likeness (QED) is 0.511. The maximum atomic E-state index is 12.5. The summed E-state index contributed by atoms with van der Waals surface area (Å²) in [5.41, 5.74) is 0.608.